The summed E-state index contributed by atoms with van der Waals surface area (Å²) in [5.41, 5.74) is 0.702. The zero-order valence-corrected chi connectivity index (χ0v) is 12.6. The predicted molar refractivity (Wildman–Crippen MR) is 74.0 cm³/mol. The second kappa shape index (κ2) is 5.73. The van der Waals surface area contributed by atoms with E-state index >= 15 is 0 Å². The van der Waals surface area contributed by atoms with Crippen LogP contribution >= 0.6 is 15.9 Å². The lowest BCUT2D eigenvalue weighted by atomic mass is 10.3. The van der Waals surface area contributed by atoms with Gasteiger partial charge in [0.2, 0.25) is 5.88 Å². The molecule has 1 atom stereocenters. The van der Waals surface area contributed by atoms with Gasteiger partial charge in [-0.05, 0) is 48.8 Å². The second-order valence-corrected chi connectivity index (χ2v) is 7.07. The number of hydrogen-bond acceptors (Lipinski definition) is 3. The molecular weight excluding hydrogens is 304 g/mol. The average molecular weight is 319 g/mol. The predicted octanol–water partition coefficient (Wildman–Crippen LogP) is 2.73. The minimum Gasteiger partial charge on any atom is -0.480 e. The van der Waals surface area contributed by atoms with Crippen LogP contribution in [0.1, 0.15) is 26.3 Å². The Morgan fingerprint density at radius 3 is 2.65 bits per heavy atom. The number of aromatic nitrogens is 1. The first-order valence-electron chi connectivity index (χ1n) is 5.01. The van der Waals surface area contributed by atoms with Gasteiger partial charge in [0, 0.05) is 0 Å². The second-order valence-electron chi connectivity index (χ2n) is 4.33. The minimum absolute atomic E-state index is 0.369. The molecule has 0 saturated carbocycles. The number of ether oxygens (including phenoxy) is 1. The molecule has 0 aliphatic rings. The fraction of sp³-hybridized carbons (Fsp3) is 0.455. The van der Waals surface area contributed by atoms with E-state index in [2.05, 4.69) is 25.3 Å². The van der Waals surface area contributed by atoms with Crippen molar-refractivity contribution in [2.24, 2.45) is 4.40 Å². The summed E-state index contributed by atoms with van der Waals surface area (Å²) in [6, 6.07) is 3.59. The highest BCUT2D eigenvalue weighted by molar-refractivity contribution is 9.10. The molecular formula is C11H15BrN2O2S. The van der Waals surface area contributed by atoms with E-state index in [1.54, 1.807) is 12.1 Å². The van der Waals surface area contributed by atoms with Crippen LogP contribution in [0.2, 0.25) is 0 Å². The van der Waals surface area contributed by atoms with Crippen LogP contribution in [0.15, 0.2) is 21.1 Å². The van der Waals surface area contributed by atoms with E-state index in [9.17, 15) is 4.21 Å². The van der Waals surface area contributed by atoms with Crippen molar-refractivity contribution in [2.75, 3.05) is 7.11 Å². The zero-order chi connectivity index (χ0) is 13.1. The first kappa shape index (κ1) is 14.3. The van der Waals surface area contributed by atoms with Gasteiger partial charge in [0.05, 0.1) is 23.6 Å². The first-order chi connectivity index (χ1) is 7.84. The maximum Gasteiger partial charge on any atom is 0.223 e. The smallest absolute Gasteiger partial charge is 0.223 e. The van der Waals surface area contributed by atoms with E-state index in [0.29, 0.717) is 16.0 Å². The van der Waals surface area contributed by atoms with Crippen molar-refractivity contribution in [1.29, 1.82) is 0 Å². The summed E-state index contributed by atoms with van der Waals surface area (Å²) in [5.74, 6) is 0.453. The molecule has 94 valence electrons. The van der Waals surface area contributed by atoms with Gasteiger partial charge in [-0.15, -0.1) is 0 Å². The van der Waals surface area contributed by atoms with Crippen LogP contribution in [0.25, 0.3) is 0 Å². The molecule has 1 aromatic rings. The molecule has 1 rings (SSSR count). The summed E-state index contributed by atoms with van der Waals surface area (Å²) < 4.78 is 21.2. The summed E-state index contributed by atoms with van der Waals surface area (Å²) in [6.07, 6.45) is 1.53. The zero-order valence-electron chi connectivity index (χ0n) is 10.2. The standard InChI is InChI=1S/C11H15BrN2O2S/c1-11(2,3)17(15)13-7-8-5-6-9(12)14-10(8)16-4/h5-7H,1-4H3/b13-7+/t17-/m1/s1. The van der Waals surface area contributed by atoms with E-state index in [-0.39, 0.29) is 4.75 Å². The number of rotatable bonds is 3. The summed E-state index contributed by atoms with van der Waals surface area (Å²) in [6.45, 7) is 5.62. The molecule has 0 unspecified atom stereocenters. The van der Waals surface area contributed by atoms with E-state index in [0.717, 1.165) is 0 Å². The van der Waals surface area contributed by atoms with Crippen LogP contribution in [0.5, 0.6) is 5.88 Å². The fourth-order valence-electron chi connectivity index (χ4n) is 0.953. The van der Waals surface area contributed by atoms with Crippen molar-refractivity contribution < 1.29 is 8.95 Å². The van der Waals surface area contributed by atoms with Gasteiger partial charge in [0.15, 0.2) is 0 Å². The summed E-state index contributed by atoms with van der Waals surface area (Å²) in [4.78, 5) is 4.14. The van der Waals surface area contributed by atoms with E-state index < -0.39 is 11.0 Å². The van der Waals surface area contributed by atoms with Crippen LogP contribution in [-0.2, 0) is 11.0 Å². The minimum atomic E-state index is -1.28. The summed E-state index contributed by atoms with van der Waals surface area (Å²) >= 11 is 3.25. The average Bonchev–Trinajstić information content (AvgIpc) is 2.25. The summed E-state index contributed by atoms with van der Waals surface area (Å²) in [7, 11) is 0.256. The van der Waals surface area contributed by atoms with Gasteiger partial charge in [-0.1, -0.05) is 0 Å². The van der Waals surface area contributed by atoms with Crippen LogP contribution in [0.3, 0.4) is 0 Å². The maximum atomic E-state index is 11.7. The molecule has 6 heteroatoms. The maximum absolute atomic E-state index is 11.7. The Labute approximate surface area is 112 Å². The number of methoxy groups -OCH3 is 1. The van der Waals surface area contributed by atoms with Crippen molar-refractivity contribution in [3.8, 4) is 5.88 Å². The third-order valence-electron chi connectivity index (χ3n) is 1.86. The van der Waals surface area contributed by atoms with E-state index in [4.69, 9.17) is 4.74 Å². The normalized spacial score (nSPS) is 13.9. The molecule has 0 N–H and O–H groups in total. The molecule has 1 aromatic heterocycles. The lowest BCUT2D eigenvalue weighted by Crippen LogP contribution is -2.19. The van der Waals surface area contributed by atoms with Crippen molar-refractivity contribution in [2.45, 2.75) is 25.5 Å². The van der Waals surface area contributed by atoms with Gasteiger partial charge < -0.3 is 4.74 Å². The molecule has 17 heavy (non-hydrogen) atoms. The lowest BCUT2D eigenvalue weighted by molar-refractivity contribution is 0.396. The van der Waals surface area contributed by atoms with Crippen LogP contribution in [0.4, 0.5) is 0 Å². The van der Waals surface area contributed by atoms with Crippen molar-refractivity contribution in [3.63, 3.8) is 0 Å². The molecule has 0 bridgehead atoms. The molecule has 0 aliphatic heterocycles. The largest absolute Gasteiger partial charge is 0.480 e. The first-order valence-corrected chi connectivity index (χ1v) is 6.91. The molecule has 4 nitrogen and oxygen atoms in total. The third-order valence-corrected chi connectivity index (χ3v) is 3.65. The molecule has 0 amide bonds. The van der Waals surface area contributed by atoms with Gasteiger partial charge in [-0.3, -0.25) is 0 Å². The highest BCUT2D eigenvalue weighted by atomic mass is 79.9. The van der Waals surface area contributed by atoms with Gasteiger partial charge in [-0.25, -0.2) is 9.19 Å². The quantitative estimate of drug-likeness (QED) is 0.636. The number of nitrogens with zero attached hydrogens (tertiary/aromatic N) is 2. The van der Waals surface area contributed by atoms with Crippen LogP contribution < -0.4 is 4.74 Å². The molecule has 0 aliphatic carbocycles. The van der Waals surface area contributed by atoms with Gasteiger partial charge in [0.25, 0.3) is 0 Å². The fourth-order valence-corrected chi connectivity index (χ4v) is 1.77. The van der Waals surface area contributed by atoms with Crippen molar-refractivity contribution in [1.82, 2.24) is 4.98 Å². The molecule has 0 spiro atoms. The Morgan fingerprint density at radius 2 is 2.12 bits per heavy atom. The van der Waals surface area contributed by atoms with Gasteiger partial charge >= 0.3 is 0 Å². The van der Waals surface area contributed by atoms with Gasteiger partial charge in [-0.2, -0.15) is 4.40 Å². The highest BCUT2D eigenvalue weighted by Gasteiger charge is 2.18. The number of halogens is 1. The molecule has 0 saturated heterocycles. The molecule has 0 radical (unpaired) electrons. The number of hydrogen-bond donors (Lipinski definition) is 0. The Kier molecular flexibility index (Phi) is 4.82. The van der Waals surface area contributed by atoms with Gasteiger partial charge in [0.1, 0.15) is 15.6 Å². The van der Waals surface area contributed by atoms with Crippen molar-refractivity contribution >= 4 is 33.1 Å². The van der Waals surface area contributed by atoms with E-state index in [1.807, 2.05) is 20.8 Å². The third kappa shape index (κ3) is 4.20. The lowest BCUT2D eigenvalue weighted by Gasteiger charge is -2.12. The highest BCUT2D eigenvalue weighted by Crippen LogP contribution is 2.18. The topological polar surface area (TPSA) is 51.6 Å². The monoisotopic (exact) mass is 318 g/mol. The Bertz CT molecular complexity index is 455. The van der Waals surface area contributed by atoms with E-state index in [1.165, 1.54) is 13.3 Å². The summed E-state index contributed by atoms with van der Waals surface area (Å²) in [5, 5.41) is 0. The Hall–Kier alpha value is -0.750. The number of pyridine rings is 1. The molecule has 0 aromatic carbocycles. The van der Waals surface area contributed by atoms with Crippen LogP contribution in [0, 0.1) is 0 Å². The molecule has 1 heterocycles. The van der Waals surface area contributed by atoms with Crippen LogP contribution in [-0.4, -0.2) is 27.3 Å². The molecule has 0 fully saturated rings. The van der Waals surface area contributed by atoms with Crippen molar-refractivity contribution in [3.05, 3.63) is 22.3 Å². The Balaban J connectivity index is 2.96. The SMILES string of the molecule is COc1nc(Br)ccc1/C=N/[S@](=O)C(C)(C)C. The Morgan fingerprint density at radius 1 is 1.47 bits per heavy atom.